The van der Waals surface area contributed by atoms with Gasteiger partial charge in [0.2, 0.25) is 0 Å². The summed E-state index contributed by atoms with van der Waals surface area (Å²) in [6, 6.07) is 22.3. The minimum Gasteiger partial charge on any atom is -0.342 e. The highest BCUT2D eigenvalue weighted by molar-refractivity contribution is 7.92. The van der Waals surface area contributed by atoms with Gasteiger partial charge in [0.15, 0.2) is 0 Å². The number of rotatable bonds is 9. The highest BCUT2D eigenvalue weighted by Gasteiger charge is 2.28. The van der Waals surface area contributed by atoms with Crippen LogP contribution in [0.1, 0.15) is 35.7 Å². The number of carbonyl (C=O) groups excluding carboxylic acids is 1. The quantitative estimate of drug-likeness (QED) is 0.408. The molecule has 0 bridgehead atoms. The molecule has 0 atom stereocenters. The summed E-state index contributed by atoms with van der Waals surface area (Å²) < 4.78 is 28.8. The number of hydrogen-bond acceptors (Lipinski definition) is 3. The Morgan fingerprint density at radius 2 is 1.62 bits per heavy atom. The molecule has 168 valence electrons. The first-order valence-electron chi connectivity index (χ1n) is 10.5. The van der Waals surface area contributed by atoms with Gasteiger partial charge in [-0.2, -0.15) is 0 Å². The molecule has 5 nitrogen and oxygen atoms in total. The number of amides is 1. The van der Waals surface area contributed by atoms with Crippen molar-refractivity contribution in [3.8, 4) is 0 Å². The number of unbranched alkanes of at least 4 members (excludes halogenated alkanes) is 1. The number of benzene rings is 3. The van der Waals surface area contributed by atoms with Crippen LogP contribution in [0.3, 0.4) is 0 Å². The number of sulfonamides is 1. The number of para-hydroxylation sites is 1. The lowest BCUT2D eigenvalue weighted by atomic mass is 10.2. The van der Waals surface area contributed by atoms with Crippen molar-refractivity contribution in [2.75, 3.05) is 17.9 Å². The summed E-state index contributed by atoms with van der Waals surface area (Å²) in [6.07, 6.45) is 1.86. The second-order valence-corrected chi connectivity index (χ2v) is 9.83. The maximum atomic E-state index is 13.7. The van der Waals surface area contributed by atoms with E-state index in [4.69, 9.17) is 11.6 Å². The molecular weight excluding hydrogens is 444 g/mol. The summed E-state index contributed by atoms with van der Waals surface area (Å²) in [5.41, 5.74) is 1.54. The summed E-state index contributed by atoms with van der Waals surface area (Å²) in [6.45, 7) is 2.79. The molecule has 3 aromatic carbocycles. The Bertz CT molecular complexity index is 1170. The van der Waals surface area contributed by atoms with Gasteiger partial charge in [-0.05, 0) is 42.3 Å². The van der Waals surface area contributed by atoms with Crippen LogP contribution < -0.4 is 4.31 Å². The van der Waals surface area contributed by atoms with Crippen molar-refractivity contribution >= 4 is 33.2 Å². The molecule has 32 heavy (non-hydrogen) atoms. The Balaban J connectivity index is 2.02. The normalized spacial score (nSPS) is 11.2. The largest absolute Gasteiger partial charge is 0.342 e. The number of carbonyl (C=O) groups is 1. The standard InChI is InChI=1S/C25H27ClN2O3S/c1-3-4-17-27(2)25(29)21-13-10-14-22(18-21)32(30,31)28(19-20-11-6-5-7-12-20)24-16-9-8-15-23(24)26/h5-16,18H,3-4,17,19H2,1-2H3. The van der Waals surface area contributed by atoms with Crippen molar-refractivity contribution in [3.63, 3.8) is 0 Å². The molecular formula is C25H27ClN2O3S. The van der Waals surface area contributed by atoms with Gasteiger partial charge in [-0.1, -0.05) is 73.5 Å². The van der Waals surface area contributed by atoms with Crippen molar-refractivity contribution in [2.45, 2.75) is 31.2 Å². The SMILES string of the molecule is CCCCN(C)C(=O)c1cccc(S(=O)(=O)N(Cc2ccccc2)c2ccccc2Cl)c1. The fourth-order valence-electron chi connectivity index (χ4n) is 3.34. The molecule has 7 heteroatoms. The highest BCUT2D eigenvalue weighted by Crippen LogP contribution is 2.32. The molecule has 0 saturated heterocycles. The Morgan fingerprint density at radius 1 is 0.938 bits per heavy atom. The van der Waals surface area contributed by atoms with E-state index in [9.17, 15) is 13.2 Å². The molecule has 1 amide bonds. The predicted octanol–water partition coefficient (Wildman–Crippen LogP) is 5.61. The molecule has 0 spiro atoms. The van der Waals surface area contributed by atoms with Crippen LogP contribution in [0.5, 0.6) is 0 Å². The number of nitrogens with zero attached hydrogens (tertiary/aromatic N) is 2. The second-order valence-electron chi connectivity index (χ2n) is 7.56. The number of halogens is 1. The lowest BCUT2D eigenvalue weighted by molar-refractivity contribution is 0.0793. The molecule has 0 aliphatic rings. The molecule has 0 aliphatic heterocycles. The lowest BCUT2D eigenvalue weighted by Gasteiger charge is -2.26. The third-order valence-electron chi connectivity index (χ3n) is 5.15. The van der Waals surface area contributed by atoms with Crippen LogP contribution in [0.4, 0.5) is 5.69 Å². The van der Waals surface area contributed by atoms with E-state index in [1.807, 2.05) is 30.3 Å². The van der Waals surface area contributed by atoms with Crippen LogP contribution in [-0.2, 0) is 16.6 Å². The van der Waals surface area contributed by atoms with Crippen LogP contribution in [0.15, 0.2) is 83.8 Å². The molecule has 0 radical (unpaired) electrons. The van der Waals surface area contributed by atoms with Gasteiger partial charge in [0, 0.05) is 19.2 Å². The van der Waals surface area contributed by atoms with Gasteiger partial charge in [-0.25, -0.2) is 8.42 Å². The molecule has 0 unspecified atom stereocenters. The van der Waals surface area contributed by atoms with Gasteiger partial charge in [-0.15, -0.1) is 0 Å². The topological polar surface area (TPSA) is 57.7 Å². The van der Waals surface area contributed by atoms with Gasteiger partial charge in [0.1, 0.15) is 0 Å². The fourth-order valence-corrected chi connectivity index (χ4v) is 5.14. The van der Waals surface area contributed by atoms with E-state index in [0.717, 1.165) is 18.4 Å². The maximum Gasteiger partial charge on any atom is 0.264 e. The van der Waals surface area contributed by atoms with Gasteiger partial charge >= 0.3 is 0 Å². The van der Waals surface area contributed by atoms with Gasteiger partial charge in [-0.3, -0.25) is 9.10 Å². The Labute approximate surface area is 195 Å². The van der Waals surface area contributed by atoms with Crippen LogP contribution in [-0.4, -0.2) is 32.8 Å². The van der Waals surface area contributed by atoms with Gasteiger partial charge in [0.25, 0.3) is 15.9 Å². The minimum absolute atomic E-state index is 0.0445. The summed E-state index contributed by atoms with van der Waals surface area (Å²) in [5.74, 6) is -0.206. The van der Waals surface area contributed by atoms with Crippen LogP contribution >= 0.6 is 11.6 Å². The third-order valence-corrected chi connectivity index (χ3v) is 7.23. The zero-order chi connectivity index (χ0) is 23.1. The first-order chi connectivity index (χ1) is 15.3. The minimum atomic E-state index is -4.00. The van der Waals surface area contributed by atoms with Crippen molar-refractivity contribution in [2.24, 2.45) is 0 Å². The fraction of sp³-hybridized carbons (Fsp3) is 0.240. The summed E-state index contributed by atoms with van der Waals surface area (Å²) >= 11 is 6.38. The number of anilines is 1. The monoisotopic (exact) mass is 470 g/mol. The van der Waals surface area contributed by atoms with Crippen molar-refractivity contribution < 1.29 is 13.2 Å². The molecule has 0 aromatic heterocycles. The first-order valence-corrected chi connectivity index (χ1v) is 12.3. The lowest BCUT2D eigenvalue weighted by Crippen LogP contribution is -2.31. The van der Waals surface area contributed by atoms with E-state index in [-0.39, 0.29) is 17.3 Å². The molecule has 0 saturated carbocycles. The molecule has 3 aromatic rings. The molecule has 3 rings (SSSR count). The van der Waals surface area contributed by atoms with Crippen LogP contribution in [0.2, 0.25) is 5.02 Å². The predicted molar refractivity (Wildman–Crippen MR) is 130 cm³/mol. The zero-order valence-electron chi connectivity index (χ0n) is 18.2. The summed E-state index contributed by atoms with van der Waals surface area (Å²) in [5, 5.41) is 0.332. The molecule has 0 aliphatic carbocycles. The smallest absolute Gasteiger partial charge is 0.264 e. The highest BCUT2D eigenvalue weighted by atomic mass is 35.5. The van der Waals surface area contributed by atoms with Crippen molar-refractivity contribution in [1.82, 2.24) is 4.90 Å². The van der Waals surface area contributed by atoms with E-state index in [1.165, 1.54) is 16.4 Å². The second kappa shape index (κ2) is 10.7. The molecule has 0 heterocycles. The third kappa shape index (κ3) is 5.50. The number of hydrogen-bond donors (Lipinski definition) is 0. The Hall–Kier alpha value is -2.83. The Morgan fingerprint density at radius 3 is 2.31 bits per heavy atom. The summed E-state index contributed by atoms with van der Waals surface area (Å²) in [7, 11) is -2.27. The van der Waals surface area contributed by atoms with Gasteiger partial charge in [0.05, 0.1) is 22.2 Å². The zero-order valence-corrected chi connectivity index (χ0v) is 19.8. The van der Waals surface area contributed by atoms with Crippen LogP contribution in [0.25, 0.3) is 0 Å². The van der Waals surface area contributed by atoms with Crippen molar-refractivity contribution in [1.29, 1.82) is 0 Å². The van der Waals surface area contributed by atoms with Crippen molar-refractivity contribution in [3.05, 3.63) is 95.0 Å². The molecule has 0 fully saturated rings. The first kappa shape index (κ1) is 23.8. The summed E-state index contributed by atoms with van der Waals surface area (Å²) in [4.78, 5) is 14.5. The van der Waals surface area contributed by atoms with E-state index in [1.54, 1.807) is 48.3 Å². The Kier molecular flexibility index (Phi) is 7.94. The van der Waals surface area contributed by atoms with E-state index < -0.39 is 10.0 Å². The maximum absolute atomic E-state index is 13.7. The average molecular weight is 471 g/mol. The average Bonchev–Trinajstić information content (AvgIpc) is 2.81. The van der Waals surface area contributed by atoms with E-state index in [2.05, 4.69) is 6.92 Å². The van der Waals surface area contributed by atoms with E-state index >= 15 is 0 Å². The van der Waals surface area contributed by atoms with Crippen LogP contribution in [0, 0.1) is 0 Å². The van der Waals surface area contributed by atoms with E-state index in [0.29, 0.717) is 22.8 Å². The molecule has 0 N–H and O–H groups in total. The van der Waals surface area contributed by atoms with Gasteiger partial charge < -0.3 is 4.90 Å².